The number of hydrogen-bond acceptors (Lipinski definition) is 2. The van der Waals surface area contributed by atoms with Crippen LogP contribution in [0.1, 0.15) is 24.8 Å². The minimum Gasteiger partial charge on any atom is -0.496 e. The van der Waals surface area contributed by atoms with Gasteiger partial charge in [0.2, 0.25) is 0 Å². The van der Waals surface area contributed by atoms with Crippen LogP contribution in [-0.2, 0) is 6.42 Å². The second kappa shape index (κ2) is 5.07. The fraction of sp³-hybridized carbons (Fsp3) is 0.538. The van der Waals surface area contributed by atoms with E-state index in [4.69, 9.17) is 22.1 Å². The van der Waals surface area contributed by atoms with E-state index in [9.17, 15) is 0 Å². The fourth-order valence-electron chi connectivity index (χ4n) is 2.52. The second-order valence-electron chi connectivity index (χ2n) is 4.60. The van der Waals surface area contributed by atoms with Crippen molar-refractivity contribution >= 4 is 11.6 Å². The van der Waals surface area contributed by atoms with Crippen LogP contribution >= 0.6 is 11.6 Å². The summed E-state index contributed by atoms with van der Waals surface area (Å²) >= 11 is 6.01. The lowest BCUT2D eigenvalue weighted by Gasteiger charge is -2.13. The minimum absolute atomic E-state index is 0.384. The fourth-order valence-corrected chi connectivity index (χ4v) is 2.71. The summed E-state index contributed by atoms with van der Waals surface area (Å²) in [5.74, 6) is 1.62. The van der Waals surface area contributed by atoms with Crippen molar-refractivity contribution in [1.29, 1.82) is 0 Å². The van der Waals surface area contributed by atoms with Crippen LogP contribution in [0.2, 0.25) is 5.02 Å². The third-order valence-electron chi connectivity index (χ3n) is 3.33. The van der Waals surface area contributed by atoms with Crippen LogP contribution < -0.4 is 10.5 Å². The van der Waals surface area contributed by atoms with Crippen LogP contribution in [0.5, 0.6) is 5.75 Å². The molecule has 1 fully saturated rings. The zero-order chi connectivity index (χ0) is 11.5. The predicted molar refractivity (Wildman–Crippen MR) is 67.0 cm³/mol. The molecule has 16 heavy (non-hydrogen) atoms. The molecule has 0 radical (unpaired) electrons. The van der Waals surface area contributed by atoms with Crippen LogP contribution in [0.3, 0.4) is 0 Å². The minimum atomic E-state index is 0.384. The van der Waals surface area contributed by atoms with Gasteiger partial charge in [-0.3, -0.25) is 0 Å². The molecule has 2 unspecified atom stereocenters. The van der Waals surface area contributed by atoms with Crippen LogP contribution in [-0.4, -0.2) is 13.2 Å². The molecule has 3 heteroatoms. The molecular formula is C13H18ClNO. The van der Waals surface area contributed by atoms with Crippen molar-refractivity contribution in [1.82, 2.24) is 0 Å². The summed E-state index contributed by atoms with van der Waals surface area (Å²) in [5.41, 5.74) is 7.12. The first kappa shape index (κ1) is 11.7. The van der Waals surface area contributed by atoms with Gasteiger partial charge in [0.15, 0.2) is 0 Å². The van der Waals surface area contributed by atoms with E-state index in [0.29, 0.717) is 12.0 Å². The van der Waals surface area contributed by atoms with E-state index < -0.39 is 0 Å². The van der Waals surface area contributed by atoms with E-state index in [1.165, 1.54) is 12.0 Å². The van der Waals surface area contributed by atoms with Crippen LogP contribution in [0.25, 0.3) is 0 Å². The lowest BCUT2D eigenvalue weighted by molar-refractivity contribution is 0.404. The smallest absolute Gasteiger partial charge is 0.122 e. The highest BCUT2D eigenvalue weighted by atomic mass is 35.5. The zero-order valence-corrected chi connectivity index (χ0v) is 10.3. The number of rotatable bonds is 3. The van der Waals surface area contributed by atoms with E-state index >= 15 is 0 Å². The maximum Gasteiger partial charge on any atom is 0.122 e. The van der Waals surface area contributed by atoms with Gasteiger partial charge in [0.25, 0.3) is 0 Å². The molecule has 1 saturated carbocycles. The van der Waals surface area contributed by atoms with Crippen LogP contribution in [0.4, 0.5) is 0 Å². The average Bonchev–Trinajstić information content (AvgIpc) is 2.64. The number of halogens is 1. The molecule has 1 aromatic carbocycles. The average molecular weight is 240 g/mol. The summed E-state index contributed by atoms with van der Waals surface area (Å²) in [4.78, 5) is 0. The van der Waals surface area contributed by atoms with Crippen molar-refractivity contribution in [3.05, 3.63) is 28.8 Å². The highest BCUT2D eigenvalue weighted by Gasteiger charge is 2.22. The van der Waals surface area contributed by atoms with Crippen molar-refractivity contribution < 1.29 is 4.74 Å². The highest BCUT2D eigenvalue weighted by molar-refractivity contribution is 6.30. The Labute approximate surface area is 102 Å². The van der Waals surface area contributed by atoms with Gasteiger partial charge in [0, 0.05) is 11.1 Å². The van der Waals surface area contributed by atoms with Crippen molar-refractivity contribution in [3.63, 3.8) is 0 Å². The van der Waals surface area contributed by atoms with Gasteiger partial charge in [-0.05, 0) is 55.4 Å². The third kappa shape index (κ3) is 2.69. The van der Waals surface area contributed by atoms with E-state index in [1.54, 1.807) is 7.11 Å². The molecule has 2 N–H and O–H groups in total. The Kier molecular flexibility index (Phi) is 3.72. The van der Waals surface area contributed by atoms with Crippen LogP contribution in [0, 0.1) is 5.92 Å². The van der Waals surface area contributed by atoms with Gasteiger partial charge >= 0.3 is 0 Å². The van der Waals surface area contributed by atoms with Crippen LogP contribution in [0.15, 0.2) is 18.2 Å². The maximum atomic E-state index is 6.01. The van der Waals surface area contributed by atoms with E-state index in [-0.39, 0.29) is 0 Å². The van der Waals surface area contributed by atoms with E-state index in [0.717, 1.165) is 30.0 Å². The van der Waals surface area contributed by atoms with Gasteiger partial charge in [0.05, 0.1) is 7.11 Å². The largest absolute Gasteiger partial charge is 0.496 e. The van der Waals surface area contributed by atoms with Gasteiger partial charge in [-0.2, -0.15) is 0 Å². The number of nitrogens with two attached hydrogens (primary N) is 1. The number of benzene rings is 1. The zero-order valence-electron chi connectivity index (χ0n) is 9.58. The molecule has 0 spiro atoms. The quantitative estimate of drug-likeness (QED) is 0.880. The standard InChI is InChI=1S/C13H18ClNO/c1-16-13-5-3-11(14)8-10(13)6-9-2-4-12(15)7-9/h3,5,8-9,12H,2,4,6-7,15H2,1H3. The van der Waals surface area contributed by atoms with Crippen molar-refractivity contribution in [2.45, 2.75) is 31.7 Å². The van der Waals surface area contributed by atoms with Gasteiger partial charge in [0.1, 0.15) is 5.75 Å². The Bertz CT molecular complexity index is 367. The normalized spacial score (nSPS) is 24.7. The number of ether oxygens (including phenoxy) is 1. The summed E-state index contributed by atoms with van der Waals surface area (Å²) in [6, 6.07) is 6.19. The molecule has 0 saturated heterocycles. The molecule has 0 amide bonds. The first-order chi connectivity index (χ1) is 7.69. The van der Waals surface area contributed by atoms with Gasteiger partial charge in [-0.25, -0.2) is 0 Å². The summed E-state index contributed by atoms with van der Waals surface area (Å²) in [6.07, 6.45) is 4.51. The molecule has 2 atom stereocenters. The summed E-state index contributed by atoms with van der Waals surface area (Å²) in [7, 11) is 1.70. The highest BCUT2D eigenvalue weighted by Crippen LogP contribution is 2.31. The van der Waals surface area contributed by atoms with Crippen molar-refractivity contribution in [3.8, 4) is 5.75 Å². The molecule has 1 aliphatic carbocycles. The molecule has 1 aliphatic rings. The summed E-state index contributed by atoms with van der Waals surface area (Å²) in [5, 5.41) is 0.776. The summed E-state index contributed by atoms with van der Waals surface area (Å²) in [6.45, 7) is 0. The number of hydrogen-bond donors (Lipinski definition) is 1. The lowest BCUT2D eigenvalue weighted by Crippen LogP contribution is -2.15. The predicted octanol–water partition coefficient (Wildman–Crippen LogP) is 3.02. The van der Waals surface area contributed by atoms with Gasteiger partial charge in [-0.15, -0.1) is 0 Å². The molecular weight excluding hydrogens is 222 g/mol. The first-order valence-electron chi connectivity index (χ1n) is 5.77. The first-order valence-corrected chi connectivity index (χ1v) is 6.15. The summed E-state index contributed by atoms with van der Waals surface area (Å²) < 4.78 is 5.35. The van der Waals surface area contributed by atoms with Crippen molar-refractivity contribution in [2.24, 2.45) is 11.7 Å². The molecule has 0 bridgehead atoms. The second-order valence-corrected chi connectivity index (χ2v) is 5.04. The Morgan fingerprint density at radius 2 is 2.25 bits per heavy atom. The Balaban J connectivity index is 2.10. The Hall–Kier alpha value is -0.730. The monoisotopic (exact) mass is 239 g/mol. The number of methoxy groups -OCH3 is 1. The van der Waals surface area contributed by atoms with Crippen molar-refractivity contribution in [2.75, 3.05) is 7.11 Å². The van der Waals surface area contributed by atoms with Gasteiger partial charge in [-0.1, -0.05) is 11.6 Å². The Morgan fingerprint density at radius 1 is 1.44 bits per heavy atom. The third-order valence-corrected chi connectivity index (χ3v) is 3.57. The van der Waals surface area contributed by atoms with E-state index in [1.807, 2.05) is 18.2 Å². The van der Waals surface area contributed by atoms with E-state index in [2.05, 4.69) is 0 Å². The molecule has 2 nitrogen and oxygen atoms in total. The molecule has 88 valence electrons. The molecule has 0 aliphatic heterocycles. The SMILES string of the molecule is COc1ccc(Cl)cc1CC1CCC(N)C1. The molecule has 2 rings (SSSR count). The molecule has 0 aromatic heterocycles. The maximum absolute atomic E-state index is 6.01. The topological polar surface area (TPSA) is 35.2 Å². The van der Waals surface area contributed by atoms with Gasteiger partial charge < -0.3 is 10.5 Å². The molecule has 1 aromatic rings. The Morgan fingerprint density at radius 3 is 2.88 bits per heavy atom. The molecule has 0 heterocycles. The lowest BCUT2D eigenvalue weighted by atomic mass is 9.97.